The summed E-state index contributed by atoms with van der Waals surface area (Å²) in [4.78, 5) is 24.2. The Kier molecular flexibility index (Phi) is 5.98. The van der Waals surface area contributed by atoms with E-state index in [1.54, 1.807) is 7.05 Å². The van der Waals surface area contributed by atoms with E-state index in [-0.39, 0.29) is 31.1 Å². The number of urea groups is 1. The third-order valence-electron chi connectivity index (χ3n) is 4.04. The molecule has 1 fully saturated rings. The highest BCUT2D eigenvalue weighted by molar-refractivity contribution is 5.75. The molecule has 2 N–H and O–H groups in total. The van der Waals surface area contributed by atoms with E-state index in [2.05, 4.69) is 5.32 Å². The molecular formula is C17H24N2O4. The van der Waals surface area contributed by atoms with Crippen LogP contribution in [0.1, 0.15) is 36.5 Å². The van der Waals surface area contributed by atoms with Gasteiger partial charge in [0.1, 0.15) is 6.10 Å². The van der Waals surface area contributed by atoms with Gasteiger partial charge in [-0.05, 0) is 25.3 Å². The van der Waals surface area contributed by atoms with Gasteiger partial charge in [-0.15, -0.1) is 0 Å². The molecule has 0 aliphatic carbocycles. The van der Waals surface area contributed by atoms with Crippen molar-refractivity contribution in [1.82, 2.24) is 10.2 Å². The van der Waals surface area contributed by atoms with Gasteiger partial charge in [-0.25, -0.2) is 4.79 Å². The third-order valence-corrected chi connectivity index (χ3v) is 4.04. The summed E-state index contributed by atoms with van der Waals surface area (Å²) in [7, 11) is 1.60. The van der Waals surface area contributed by atoms with Gasteiger partial charge in [0, 0.05) is 20.2 Å². The number of ether oxygens (including phenoxy) is 1. The summed E-state index contributed by atoms with van der Waals surface area (Å²) in [5.74, 6) is -0.914. The highest BCUT2D eigenvalue weighted by Crippen LogP contribution is 2.28. The van der Waals surface area contributed by atoms with Crippen LogP contribution < -0.4 is 5.32 Å². The second-order valence-corrected chi connectivity index (χ2v) is 5.97. The molecule has 2 atom stereocenters. The minimum atomic E-state index is -0.914. The van der Waals surface area contributed by atoms with E-state index in [9.17, 15) is 9.59 Å². The van der Waals surface area contributed by atoms with Crippen molar-refractivity contribution in [3.8, 4) is 0 Å². The fraction of sp³-hybridized carbons (Fsp3) is 0.529. The smallest absolute Gasteiger partial charge is 0.317 e. The first-order valence-electron chi connectivity index (χ1n) is 7.89. The fourth-order valence-corrected chi connectivity index (χ4v) is 2.65. The second-order valence-electron chi connectivity index (χ2n) is 5.97. The van der Waals surface area contributed by atoms with Crippen molar-refractivity contribution >= 4 is 12.0 Å². The van der Waals surface area contributed by atoms with Gasteiger partial charge in [0.2, 0.25) is 0 Å². The largest absolute Gasteiger partial charge is 0.481 e. The molecule has 2 amide bonds. The molecule has 1 aromatic carbocycles. The van der Waals surface area contributed by atoms with Gasteiger partial charge in [-0.2, -0.15) is 0 Å². The molecule has 1 saturated heterocycles. The van der Waals surface area contributed by atoms with Crippen molar-refractivity contribution in [1.29, 1.82) is 0 Å². The molecule has 1 aromatic rings. The van der Waals surface area contributed by atoms with Gasteiger partial charge >= 0.3 is 12.0 Å². The lowest BCUT2D eigenvalue weighted by molar-refractivity contribution is -0.137. The van der Waals surface area contributed by atoms with Gasteiger partial charge in [-0.1, -0.05) is 29.8 Å². The van der Waals surface area contributed by atoms with Crippen molar-refractivity contribution < 1.29 is 19.4 Å². The van der Waals surface area contributed by atoms with Crippen LogP contribution in [-0.4, -0.2) is 48.2 Å². The Labute approximate surface area is 136 Å². The number of carbonyl (C=O) groups is 2. The maximum Gasteiger partial charge on any atom is 0.317 e. The van der Waals surface area contributed by atoms with Crippen molar-refractivity contribution in [2.75, 3.05) is 20.2 Å². The zero-order valence-corrected chi connectivity index (χ0v) is 13.6. The number of aliphatic carboxylic acids is 1. The highest BCUT2D eigenvalue weighted by atomic mass is 16.5. The van der Waals surface area contributed by atoms with Gasteiger partial charge in [0.25, 0.3) is 0 Å². The molecule has 1 aliphatic rings. The number of amides is 2. The van der Waals surface area contributed by atoms with E-state index in [0.717, 1.165) is 18.4 Å². The van der Waals surface area contributed by atoms with Crippen LogP contribution in [0.4, 0.5) is 4.79 Å². The lowest BCUT2D eigenvalue weighted by Crippen LogP contribution is -2.48. The van der Waals surface area contributed by atoms with E-state index in [4.69, 9.17) is 9.84 Å². The number of rotatable bonds is 5. The number of benzene rings is 1. The first-order chi connectivity index (χ1) is 11.0. The number of carbonyl (C=O) groups excluding carboxylic acids is 1. The summed E-state index contributed by atoms with van der Waals surface area (Å²) in [6, 6.07) is 7.75. The molecule has 2 unspecified atom stereocenters. The number of aryl methyl sites for hydroxylation is 1. The normalized spacial score (nSPS) is 20.8. The lowest BCUT2D eigenvalue weighted by Gasteiger charge is -2.34. The third kappa shape index (κ3) is 4.96. The van der Waals surface area contributed by atoms with Gasteiger partial charge in [0.05, 0.1) is 12.5 Å². The molecule has 0 spiro atoms. The summed E-state index contributed by atoms with van der Waals surface area (Å²) in [5.41, 5.74) is 2.23. The van der Waals surface area contributed by atoms with Crippen LogP contribution in [0.5, 0.6) is 0 Å². The molecule has 1 heterocycles. The molecule has 23 heavy (non-hydrogen) atoms. The zero-order chi connectivity index (χ0) is 16.8. The maximum atomic E-state index is 12.2. The molecule has 0 bridgehead atoms. The Bertz CT molecular complexity index is 544. The topological polar surface area (TPSA) is 78.9 Å². The number of carboxylic acid groups (broad SMARTS) is 1. The van der Waals surface area contributed by atoms with Crippen LogP contribution in [-0.2, 0) is 9.53 Å². The van der Waals surface area contributed by atoms with E-state index in [0.29, 0.717) is 6.61 Å². The number of hydrogen-bond donors (Lipinski definition) is 2. The van der Waals surface area contributed by atoms with E-state index >= 15 is 0 Å². The van der Waals surface area contributed by atoms with E-state index in [1.807, 2.05) is 31.2 Å². The van der Waals surface area contributed by atoms with Crippen LogP contribution in [0.3, 0.4) is 0 Å². The predicted octanol–water partition coefficient (Wildman–Crippen LogP) is 2.33. The average Bonchev–Trinajstić information content (AvgIpc) is 2.54. The standard InChI is InChI=1S/C17H24N2O4/c1-12-5-7-13(8-6-12)16-14(4-3-11-23-16)18-17(22)19(2)10-9-15(20)21/h5-8,14,16H,3-4,9-11H2,1-2H3,(H,18,22)(H,20,21). The Morgan fingerprint density at radius 1 is 1.35 bits per heavy atom. The molecule has 6 nitrogen and oxygen atoms in total. The van der Waals surface area contributed by atoms with Crippen molar-refractivity contribution in [3.63, 3.8) is 0 Å². The minimum Gasteiger partial charge on any atom is -0.481 e. The molecule has 0 saturated carbocycles. The molecule has 126 valence electrons. The lowest BCUT2D eigenvalue weighted by atomic mass is 9.95. The minimum absolute atomic E-state index is 0.0630. The molecular weight excluding hydrogens is 296 g/mol. The predicted molar refractivity (Wildman–Crippen MR) is 86.3 cm³/mol. The van der Waals surface area contributed by atoms with Crippen molar-refractivity contribution in [3.05, 3.63) is 35.4 Å². The Morgan fingerprint density at radius 2 is 2.04 bits per heavy atom. The van der Waals surface area contributed by atoms with Crippen LogP contribution in [0.2, 0.25) is 0 Å². The number of carboxylic acids is 1. The Morgan fingerprint density at radius 3 is 2.70 bits per heavy atom. The summed E-state index contributed by atoms with van der Waals surface area (Å²) >= 11 is 0. The first kappa shape index (κ1) is 17.3. The average molecular weight is 320 g/mol. The number of nitrogens with zero attached hydrogens (tertiary/aromatic N) is 1. The van der Waals surface area contributed by atoms with E-state index < -0.39 is 5.97 Å². The Balaban J connectivity index is 1.99. The summed E-state index contributed by atoms with van der Waals surface area (Å²) < 4.78 is 5.87. The SMILES string of the molecule is Cc1ccc(C2OCCCC2NC(=O)N(C)CCC(=O)O)cc1. The van der Waals surface area contributed by atoms with Gasteiger partial charge in [0.15, 0.2) is 0 Å². The number of hydrogen-bond acceptors (Lipinski definition) is 3. The highest BCUT2D eigenvalue weighted by Gasteiger charge is 2.29. The van der Waals surface area contributed by atoms with Gasteiger partial charge in [-0.3, -0.25) is 4.79 Å². The summed E-state index contributed by atoms with van der Waals surface area (Å²) in [6.45, 7) is 2.89. The number of nitrogens with one attached hydrogen (secondary N) is 1. The Hall–Kier alpha value is -2.08. The molecule has 6 heteroatoms. The monoisotopic (exact) mass is 320 g/mol. The molecule has 1 aliphatic heterocycles. The van der Waals surface area contributed by atoms with Crippen LogP contribution in [0.25, 0.3) is 0 Å². The molecule has 0 radical (unpaired) electrons. The zero-order valence-electron chi connectivity index (χ0n) is 13.6. The van der Waals surface area contributed by atoms with Crippen LogP contribution >= 0.6 is 0 Å². The van der Waals surface area contributed by atoms with E-state index in [1.165, 1.54) is 10.5 Å². The van der Waals surface area contributed by atoms with Gasteiger partial charge < -0.3 is 20.1 Å². The fourth-order valence-electron chi connectivity index (χ4n) is 2.65. The summed E-state index contributed by atoms with van der Waals surface area (Å²) in [6.07, 6.45) is 1.51. The second kappa shape index (κ2) is 7.97. The van der Waals surface area contributed by atoms with Crippen LogP contribution in [0, 0.1) is 6.92 Å². The van der Waals surface area contributed by atoms with Crippen LogP contribution in [0.15, 0.2) is 24.3 Å². The summed E-state index contributed by atoms with van der Waals surface area (Å²) in [5, 5.41) is 11.7. The van der Waals surface area contributed by atoms with Crippen molar-refractivity contribution in [2.24, 2.45) is 0 Å². The maximum absolute atomic E-state index is 12.2. The first-order valence-corrected chi connectivity index (χ1v) is 7.89. The quantitative estimate of drug-likeness (QED) is 0.873. The molecule has 0 aromatic heterocycles. The molecule has 2 rings (SSSR count). The van der Waals surface area contributed by atoms with Crippen molar-refractivity contribution in [2.45, 2.75) is 38.3 Å².